The largest absolute Gasteiger partial charge is 0.409 e. The third-order valence-electron chi connectivity index (χ3n) is 2.50. The van der Waals surface area contributed by atoms with Gasteiger partial charge in [0.1, 0.15) is 5.84 Å². The number of amides is 1. The Bertz CT molecular complexity index is 317. The standard InChI is InChI=1S/C10H19N3O4/c1-10(2)6-13(4-7(5-14)17-10)9(15)3-8(11)12-16/h7,14,16H,3-6H2,1-2H3,(H2,11,12). The van der Waals surface area contributed by atoms with Crippen molar-refractivity contribution in [2.75, 3.05) is 19.7 Å². The van der Waals surface area contributed by atoms with Gasteiger partial charge in [-0.2, -0.15) is 0 Å². The summed E-state index contributed by atoms with van der Waals surface area (Å²) in [5, 5.41) is 20.3. The van der Waals surface area contributed by atoms with Gasteiger partial charge in [0.2, 0.25) is 5.91 Å². The van der Waals surface area contributed by atoms with Crippen LogP contribution in [0.4, 0.5) is 0 Å². The molecule has 4 N–H and O–H groups in total. The van der Waals surface area contributed by atoms with Crippen LogP contribution in [0.3, 0.4) is 0 Å². The third-order valence-corrected chi connectivity index (χ3v) is 2.50. The van der Waals surface area contributed by atoms with Gasteiger partial charge in [-0.05, 0) is 13.8 Å². The Morgan fingerprint density at radius 1 is 1.65 bits per heavy atom. The molecule has 0 bridgehead atoms. The summed E-state index contributed by atoms with van der Waals surface area (Å²) < 4.78 is 5.58. The Balaban J connectivity index is 2.66. The second kappa shape index (κ2) is 5.33. The number of carbonyl (C=O) groups is 1. The topological polar surface area (TPSA) is 108 Å². The molecule has 0 aromatic carbocycles. The lowest BCUT2D eigenvalue weighted by molar-refractivity contribution is -0.166. The molecule has 1 aliphatic heterocycles. The van der Waals surface area contributed by atoms with E-state index in [9.17, 15) is 4.79 Å². The monoisotopic (exact) mass is 245 g/mol. The van der Waals surface area contributed by atoms with E-state index in [4.69, 9.17) is 20.8 Å². The van der Waals surface area contributed by atoms with Gasteiger partial charge in [0.05, 0.1) is 24.7 Å². The van der Waals surface area contributed by atoms with E-state index >= 15 is 0 Å². The number of ether oxygens (including phenoxy) is 1. The summed E-state index contributed by atoms with van der Waals surface area (Å²) in [5.41, 5.74) is 4.78. The lowest BCUT2D eigenvalue weighted by Gasteiger charge is -2.42. The normalized spacial score (nSPS) is 24.8. The Labute approximate surface area is 99.8 Å². The number of rotatable bonds is 3. The molecule has 1 fully saturated rings. The maximum atomic E-state index is 11.8. The zero-order valence-electron chi connectivity index (χ0n) is 10.1. The fraction of sp³-hybridized carbons (Fsp3) is 0.800. The Kier molecular flexibility index (Phi) is 4.30. The van der Waals surface area contributed by atoms with Gasteiger partial charge in [-0.15, -0.1) is 0 Å². The Hall–Kier alpha value is -1.34. The summed E-state index contributed by atoms with van der Waals surface area (Å²) in [7, 11) is 0. The molecule has 7 heteroatoms. The minimum Gasteiger partial charge on any atom is -0.409 e. The molecule has 0 radical (unpaired) electrons. The van der Waals surface area contributed by atoms with Crippen molar-refractivity contribution in [3.63, 3.8) is 0 Å². The summed E-state index contributed by atoms with van der Waals surface area (Å²) in [6.07, 6.45) is -0.528. The molecule has 0 aromatic heterocycles. The maximum absolute atomic E-state index is 11.8. The second-order valence-electron chi connectivity index (χ2n) is 4.72. The highest BCUT2D eigenvalue weighted by Gasteiger charge is 2.35. The molecule has 1 heterocycles. The highest BCUT2D eigenvalue weighted by molar-refractivity contribution is 5.98. The van der Waals surface area contributed by atoms with Crippen LogP contribution in [0.25, 0.3) is 0 Å². The summed E-state index contributed by atoms with van der Waals surface area (Å²) >= 11 is 0. The Morgan fingerprint density at radius 2 is 2.29 bits per heavy atom. The van der Waals surface area contributed by atoms with Crippen molar-refractivity contribution >= 4 is 11.7 Å². The van der Waals surface area contributed by atoms with Crippen LogP contribution in [0.15, 0.2) is 5.16 Å². The van der Waals surface area contributed by atoms with Crippen molar-refractivity contribution in [3.05, 3.63) is 0 Å². The van der Waals surface area contributed by atoms with Crippen LogP contribution in [-0.2, 0) is 9.53 Å². The van der Waals surface area contributed by atoms with Gasteiger partial charge in [-0.25, -0.2) is 0 Å². The van der Waals surface area contributed by atoms with Gasteiger partial charge in [-0.1, -0.05) is 5.16 Å². The predicted octanol–water partition coefficient (Wildman–Crippen LogP) is -0.879. The van der Waals surface area contributed by atoms with E-state index in [1.165, 1.54) is 0 Å². The number of carbonyl (C=O) groups excluding carboxylic acids is 1. The van der Waals surface area contributed by atoms with Crippen LogP contribution in [0.1, 0.15) is 20.3 Å². The third kappa shape index (κ3) is 3.86. The number of hydrogen-bond acceptors (Lipinski definition) is 5. The highest BCUT2D eigenvalue weighted by Crippen LogP contribution is 2.21. The van der Waals surface area contributed by atoms with E-state index in [0.717, 1.165) is 0 Å². The van der Waals surface area contributed by atoms with Crippen molar-refractivity contribution in [2.24, 2.45) is 10.9 Å². The predicted molar refractivity (Wildman–Crippen MR) is 60.6 cm³/mol. The number of oxime groups is 1. The number of aliphatic hydroxyl groups is 1. The van der Waals surface area contributed by atoms with E-state index in [1.54, 1.807) is 4.90 Å². The molecule has 7 nitrogen and oxygen atoms in total. The van der Waals surface area contributed by atoms with Crippen molar-refractivity contribution < 1.29 is 19.8 Å². The number of aliphatic hydroxyl groups excluding tert-OH is 1. The van der Waals surface area contributed by atoms with E-state index < -0.39 is 11.7 Å². The molecular weight excluding hydrogens is 226 g/mol. The second-order valence-corrected chi connectivity index (χ2v) is 4.72. The van der Waals surface area contributed by atoms with Crippen LogP contribution in [0.5, 0.6) is 0 Å². The molecule has 0 aliphatic carbocycles. The average molecular weight is 245 g/mol. The molecule has 1 saturated heterocycles. The first-order chi connectivity index (χ1) is 7.88. The number of hydrogen-bond donors (Lipinski definition) is 3. The fourth-order valence-electron chi connectivity index (χ4n) is 1.88. The van der Waals surface area contributed by atoms with E-state index in [-0.39, 0.29) is 24.8 Å². The maximum Gasteiger partial charge on any atom is 0.230 e. The van der Waals surface area contributed by atoms with Gasteiger partial charge in [0.15, 0.2) is 0 Å². The van der Waals surface area contributed by atoms with Gasteiger partial charge in [0.25, 0.3) is 0 Å². The highest BCUT2D eigenvalue weighted by atomic mass is 16.5. The first kappa shape index (κ1) is 13.7. The van der Waals surface area contributed by atoms with Crippen molar-refractivity contribution in [1.82, 2.24) is 4.90 Å². The van der Waals surface area contributed by atoms with Gasteiger partial charge < -0.3 is 25.7 Å². The van der Waals surface area contributed by atoms with Crippen molar-refractivity contribution in [2.45, 2.75) is 32.0 Å². The molecule has 98 valence electrons. The molecule has 1 amide bonds. The SMILES string of the molecule is CC1(C)CN(C(=O)CC(N)=NO)CC(CO)O1. The summed E-state index contributed by atoms with van der Waals surface area (Å²) in [6, 6.07) is 0. The molecule has 17 heavy (non-hydrogen) atoms. The quantitative estimate of drug-likeness (QED) is 0.259. The molecule has 1 atom stereocenters. The first-order valence-electron chi connectivity index (χ1n) is 5.41. The molecule has 1 rings (SSSR count). The molecule has 1 unspecified atom stereocenters. The van der Waals surface area contributed by atoms with E-state index in [2.05, 4.69) is 5.16 Å². The summed E-state index contributed by atoms with van der Waals surface area (Å²) in [4.78, 5) is 13.4. The van der Waals surface area contributed by atoms with E-state index in [0.29, 0.717) is 13.1 Å². The molecule has 0 saturated carbocycles. The number of nitrogens with two attached hydrogens (primary N) is 1. The minimum absolute atomic E-state index is 0.125. The molecule has 0 aromatic rings. The average Bonchev–Trinajstić information content (AvgIpc) is 2.26. The molecule has 0 spiro atoms. The van der Waals surface area contributed by atoms with Gasteiger partial charge >= 0.3 is 0 Å². The number of nitrogens with zero attached hydrogens (tertiary/aromatic N) is 2. The molecule has 1 aliphatic rings. The van der Waals surface area contributed by atoms with Crippen LogP contribution in [-0.4, -0.2) is 58.4 Å². The zero-order valence-corrected chi connectivity index (χ0v) is 10.1. The van der Waals surface area contributed by atoms with Crippen LogP contribution in [0.2, 0.25) is 0 Å². The Morgan fingerprint density at radius 3 is 2.82 bits per heavy atom. The smallest absolute Gasteiger partial charge is 0.230 e. The fourth-order valence-corrected chi connectivity index (χ4v) is 1.88. The summed E-state index contributed by atoms with van der Waals surface area (Å²) in [5.74, 6) is -0.366. The van der Waals surface area contributed by atoms with Gasteiger partial charge in [-0.3, -0.25) is 4.79 Å². The van der Waals surface area contributed by atoms with Crippen LogP contribution >= 0.6 is 0 Å². The van der Waals surface area contributed by atoms with Crippen LogP contribution in [0, 0.1) is 0 Å². The lowest BCUT2D eigenvalue weighted by atomic mass is 10.0. The minimum atomic E-state index is -0.508. The zero-order chi connectivity index (χ0) is 13.1. The summed E-state index contributed by atoms with van der Waals surface area (Å²) in [6.45, 7) is 4.28. The van der Waals surface area contributed by atoms with Crippen LogP contribution < -0.4 is 5.73 Å². The number of amidine groups is 1. The van der Waals surface area contributed by atoms with Gasteiger partial charge in [0, 0.05) is 13.1 Å². The lowest BCUT2D eigenvalue weighted by Crippen LogP contribution is -2.56. The van der Waals surface area contributed by atoms with Crippen molar-refractivity contribution in [1.29, 1.82) is 0 Å². The molecular formula is C10H19N3O4. The van der Waals surface area contributed by atoms with Crippen molar-refractivity contribution in [3.8, 4) is 0 Å². The van der Waals surface area contributed by atoms with E-state index in [1.807, 2.05) is 13.8 Å². The number of morpholine rings is 1. The first-order valence-corrected chi connectivity index (χ1v) is 5.41.